The van der Waals surface area contributed by atoms with Gasteiger partial charge in [-0.3, -0.25) is 9.89 Å². The molecule has 0 unspecified atom stereocenters. The lowest BCUT2D eigenvalue weighted by Gasteiger charge is -2.03. The van der Waals surface area contributed by atoms with Crippen LogP contribution in [0.4, 0.5) is 0 Å². The minimum Gasteiger partial charge on any atom is -0.295 e. The first-order valence-corrected chi connectivity index (χ1v) is 7.40. The molecule has 100 valence electrons. The van der Waals surface area contributed by atoms with E-state index in [1.807, 2.05) is 54.6 Å². The van der Waals surface area contributed by atoms with Gasteiger partial charge in [-0.1, -0.05) is 42.5 Å². The number of H-pyrrole nitrogens is 1. The fourth-order valence-corrected chi connectivity index (χ4v) is 2.45. The Morgan fingerprint density at radius 1 is 1.00 bits per heavy atom. The smallest absolute Gasteiger partial charge is 0.267 e. The van der Waals surface area contributed by atoms with Crippen molar-refractivity contribution < 1.29 is 0 Å². The topological polar surface area (TPSA) is 37.8 Å². The Labute approximate surface area is 130 Å². The van der Waals surface area contributed by atoms with E-state index >= 15 is 0 Å². The summed E-state index contributed by atoms with van der Waals surface area (Å²) in [6.45, 7) is 0.558. The van der Waals surface area contributed by atoms with Crippen molar-refractivity contribution in [3.8, 4) is 11.3 Å². The molecule has 3 aromatic rings. The van der Waals surface area contributed by atoms with Crippen molar-refractivity contribution in [3.63, 3.8) is 0 Å². The lowest BCUT2D eigenvalue weighted by atomic mass is 10.2. The maximum absolute atomic E-state index is 12.0. The molecule has 1 aromatic heterocycles. The first kappa shape index (κ1) is 13.2. The van der Waals surface area contributed by atoms with Crippen LogP contribution in [0.1, 0.15) is 5.56 Å². The predicted octanol–water partition coefficient (Wildman–Crippen LogP) is 3.50. The first-order chi connectivity index (χ1) is 9.72. The van der Waals surface area contributed by atoms with Crippen LogP contribution in [0, 0.1) is 3.57 Å². The number of aromatic nitrogens is 2. The Bertz CT molecular complexity index is 757. The lowest BCUT2D eigenvalue weighted by Crippen LogP contribution is -2.16. The van der Waals surface area contributed by atoms with Crippen molar-refractivity contribution in [2.75, 3.05) is 0 Å². The molecule has 0 aliphatic rings. The van der Waals surface area contributed by atoms with Crippen molar-refractivity contribution in [2.45, 2.75) is 6.54 Å². The van der Waals surface area contributed by atoms with Crippen LogP contribution < -0.4 is 5.56 Å². The summed E-state index contributed by atoms with van der Waals surface area (Å²) in [5.41, 5.74) is 2.96. The van der Waals surface area contributed by atoms with Crippen molar-refractivity contribution in [1.82, 2.24) is 9.78 Å². The van der Waals surface area contributed by atoms with Gasteiger partial charge in [-0.05, 0) is 45.9 Å². The van der Waals surface area contributed by atoms with E-state index in [-0.39, 0.29) is 5.56 Å². The van der Waals surface area contributed by atoms with Crippen LogP contribution >= 0.6 is 22.6 Å². The van der Waals surface area contributed by atoms with E-state index in [9.17, 15) is 4.79 Å². The van der Waals surface area contributed by atoms with Gasteiger partial charge in [0.2, 0.25) is 0 Å². The Hall–Kier alpha value is -1.82. The van der Waals surface area contributed by atoms with Gasteiger partial charge >= 0.3 is 0 Å². The van der Waals surface area contributed by atoms with Crippen molar-refractivity contribution >= 4 is 22.6 Å². The summed E-state index contributed by atoms with van der Waals surface area (Å²) in [5, 5.41) is 3.16. The third kappa shape index (κ3) is 2.85. The number of hydrogen-bond acceptors (Lipinski definition) is 1. The largest absolute Gasteiger partial charge is 0.295 e. The third-order valence-electron chi connectivity index (χ3n) is 3.13. The monoisotopic (exact) mass is 376 g/mol. The van der Waals surface area contributed by atoms with E-state index in [0.29, 0.717) is 6.54 Å². The molecular weight excluding hydrogens is 363 g/mol. The maximum Gasteiger partial charge on any atom is 0.267 e. The molecule has 4 heteroatoms. The molecule has 1 heterocycles. The fraction of sp³-hybridized carbons (Fsp3) is 0.0625. The van der Waals surface area contributed by atoms with Gasteiger partial charge in [-0.25, -0.2) is 4.68 Å². The molecule has 0 saturated carbocycles. The molecule has 0 atom stereocenters. The normalized spacial score (nSPS) is 10.7. The summed E-state index contributed by atoms with van der Waals surface area (Å²) in [5.74, 6) is 0. The second-order valence-corrected chi connectivity index (χ2v) is 5.83. The Kier molecular flexibility index (Phi) is 3.73. The summed E-state index contributed by atoms with van der Waals surface area (Å²) in [7, 11) is 0. The van der Waals surface area contributed by atoms with Crippen LogP contribution in [0.3, 0.4) is 0 Å². The van der Waals surface area contributed by atoms with Gasteiger partial charge in [0, 0.05) is 9.64 Å². The molecule has 0 spiro atoms. The summed E-state index contributed by atoms with van der Waals surface area (Å²) >= 11 is 2.27. The minimum atomic E-state index is -0.0117. The highest BCUT2D eigenvalue weighted by Gasteiger charge is 2.05. The van der Waals surface area contributed by atoms with Crippen LogP contribution in [-0.4, -0.2) is 9.78 Å². The number of nitrogens with one attached hydrogen (secondary N) is 1. The molecule has 0 aliphatic heterocycles. The SMILES string of the molecule is O=c1cc(-c2ccccc2)[nH]n1Cc1ccc(I)cc1. The molecule has 20 heavy (non-hydrogen) atoms. The Balaban J connectivity index is 1.90. The summed E-state index contributed by atoms with van der Waals surface area (Å²) < 4.78 is 2.82. The van der Waals surface area contributed by atoms with Crippen LogP contribution in [0.5, 0.6) is 0 Å². The molecule has 3 nitrogen and oxygen atoms in total. The molecule has 3 rings (SSSR count). The molecule has 0 saturated heterocycles. The summed E-state index contributed by atoms with van der Waals surface area (Å²) in [6.07, 6.45) is 0. The van der Waals surface area contributed by atoms with Crippen LogP contribution in [0.15, 0.2) is 65.5 Å². The molecule has 1 N–H and O–H groups in total. The van der Waals surface area contributed by atoms with Gasteiger partial charge in [-0.2, -0.15) is 0 Å². The average Bonchev–Trinajstić information content (AvgIpc) is 2.84. The molecule has 0 fully saturated rings. The van der Waals surface area contributed by atoms with Gasteiger partial charge in [0.15, 0.2) is 0 Å². The van der Waals surface area contributed by atoms with Crippen molar-refractivity contribution in [3.05, 3.63) is 80.2 Å². The van der Waals surface area contributed by atoms with Gasteiger partial charge < -0.3 is 0 Å². The Morgan fingerprint density at radius 3 is 2.40 bits per heavy atom. The van der Waals surface area contributed by atoms with E-state index in [4.69, 9.17) is 0 Å². The zero-order valence-electron chi connectivity index (χ0n) is 10.7. The predicted molar refractivity (Wildman–Crippen MR) is 88.7 cm³/mol. The second-order valence-electron chi connectivity index (χ2n) is 4.59. The van der Waals surface area contributed by atoms with Gasteiger partial charge in [-0.15, -0.1) is 0 Å². The zero-order chi connectivity index (χ0) is 13.9. The van der Waals surface area contributed by atoms with Crippen molar-refractivity contribution in [2.24, 2.45) is 0 Å². The molecule has 0 radical (unpaired) electrons. The second kappa shape index (κ2) is 5.66. The van der Waals surface area contributed by atoms with E-state index in [1.165, 1.54) is 3.57 Å². The quantitative estimate of drug-likeness (QED) is 0.699. The van der Waals surface area contributed by atoms with Gasteiger partial charge in [0.05, 0.1) is 12.2 Å². The number of aromatic amines is 1. The minimum absolute atomic E-state index is 0.0117. The molecule has 0 bridgehead atoms. The highest BCUT2D eigenvalue weighted by molar-refractivity contribution is 14.1. The number of rotatable bonds is 3. The summed E-state index contributed by atoms with van der Waals surface area (Å²) in [6, 6.07) is 19.7. The highest BCUT2D eigenvalue weighted by Crippen LogP contribution is 2.14. The van der Waals surface area contributed by atoms with Gasteiger partial charge in [0.1, 0.15) is 0 Å². The Morgan fingerprint density at radius 2 is 1.70 bits per heavy atom. The molecule has 0 amide bonds. The van der Waals surface area contributed by atoms with E-state index in [2.05, 4.69) is 27.7 Å². The van der Waals surface area contributed by atoms with Crippen LogP contribution in [0.25, 0.3) is 11.3 Å². The van der Waals surface area contributed by atoms with Gasteiger partial charge in [0.25, 0.3) is 5.56 Å². The van der Waals surface area contributed by atoms with Crippen LogP contribution in [-0.2, 0) is 6.54 Å². The van der Waals surface area contributed by atoms with E-state index in [0.717, 1.165) is 16.8 Å². The molecule has 2 aromatic carbocycles. The zero-order valence-corrected chi connectivity index (χ0v) is 12.9. The molecular formula is C16H13IN2O. The number of halogens is 1. The van der Waals surface area contributed by atoms with Crippen molar-refractivity contribution in [1.29, 1.82) is 0 Å². The van der Waals surface area contributed by atoms with Crippen LogP contribution in [0.2, 0.25) is 0 Å². The first-order valence-electron chi connectivity index (χ1n) is 6.32. The number of benzene rings is 2. The number of nitrogens with zero attached hydrogens (tertiary/aromatic N) is 1. The molecule has 0 aliphatic carbocycles. The maximum atomic E-state index is 12.0. The fourth-order valence-electron chi connectivity index (χ4n) is 2.09. The third-order valence-corrected chi connectivity index (χ3v) is 3.85. The standard InChI is InChI=1S/C16H13IN2O/c17-14-8-6-12(7-9-14)11-19-16(20)10-15(18-19)13-4-2-1-3-5-13/h1-10,18H,11H2. The number of hydrogen-bond donors (Lipinski definition) is 1. The van der Waals surface area contributed by atoms with E-state index in [1.54, 1.807) is 10.7 Å². The lowest BCUT2D eigenvalue weighted by molar-refractivity contribution is 0.666. The highest BCUT2D eigenvalue weighted by atomic mass is 127. The average molecular weight is 376 g/mol. The summed E-state index contributed by atoms with van der Waals surface area (Å²) in [4.78, 5) is 12.0. The van der Waals surface area contributed by atoms with E-state index < -0.39 is 0 Å².